The molecule has 0 amide bonds. The molecule has 4 nitrogen and oxygen atoms in total. The zero-order valence-corrected chi connectivity index (χ0v) is 10.6. The molecule has 1 aromatic rings. The van der Waals surface area contributed by atoms with Crippen LogP contribution in [0.1, 0.15) is 19.4 Å². The van der Waals surface area contributed by atoms with E-state index in [0.29, 0.717) is 5.57 Å². The molecule has 0 radical (unpaired) electrons. The number of anilines is 1. The van der Waals surface area contributed by atoms with Gasteiger partial charge >= 0.3 is 0 Å². The van der Waals surface area contributed by atoms with Gasteiger partial charge in [0.1, 0.15) is 5.75 Å². The molecule has 0 spiro atoms. The van der Waals surface area contributed by atoms with E-state index in [1.54, 1.807) is 0 Å². The lowest BCUT2D eigenvalue weighted by molar-refractivity contribution is 0.487. The van der Waals surface area contributed by atoms with Gasteiger partial charge < -0.3 is 5.32 Å². The highest BCUT2D eigenvalue weighted by molar-refractivity contribution is 7.86. The van der Waals surface area contributed by atoms with Crippen molar-refractivity contribution in [3.05, 3.63) is 35.9 Å². The Kier molecular flexibility index (Phi) is 2.75. The van der Waals surface area contributed by atoms with Crippen LogP contribution in [0.4, 0.5) is 5.69 Å². The van der Waals surface area contributed by atoms with E-state index in [9.17, 15) is 8.42 Å². The van der Waals surface area contributed by atoms with Gasteiger partial charge in [0.2, 0.25) is 0 Å². The third-order valence-electron chi connectivity index (χ3n) is 2.60. The second-order valence-corrected chi connectivity index (χ2v) is 6.24. The average molecular weight is 253 g/mol. The normalized spacial score (nSPS) is 17.9. The zero-order chi connectivity index (χ0) is 12.7. The maximum absolute atomic E-state index is 11.0. The number of hydrogen-bond donors (Lipinski definition) is 2. The van der Waals surface area contributed by atoms with E-state index in [4.69, 9.17) is 4.55 Å². The lowest BCUT2D eigenvalue weighted by Gasteiger charge is -2.32. The Bertz CT molecular complexity index is 573. The van der Waals surface area contributed by atoms with Gasteiger partial charge in [0.05, 0.1) is 5.54 Å². The number of hydrogen-bond acceptors (Lipinski definition) is 3. The third-order valence-corrected chi connectivity index (χ3v) is 3.28. The van der Waals surface area contributed by atoms with Gasteiger partial charge in [-0.2, -0.15) is 8.42 Å². The van der Waals surface area contributed by atoms with Crippen LogP contribution in [0.2, 0.25) is 0 Å². The highest BCUT2D eigenvalue weighted by Crippen LogP contribution is 2.33. The van der Waals surface area contributed by atoms with Gasteiger partial charge in [-0.05, 0) is 25.5 Å². The van der Waals surface area contributed by atoms with Crippen molar-refractivity contribution in [2.24, 2.45) is 0 Å². The number of benzene rings is 1. The van der Waals surface area contributed by atoms with Crippen LogP contribution < -0.4 is 5.32 Å². The Labute approximate surface area is 101 Å². The van der Waals surface area contributed by atoms with Crippen molar-refractivity contribution in [2.45, 2.75) is 19.4 Å². The summed E-state index contributed by atoms with van der Waals surface area (Å²) in [6.45, 7) is 3.90. The lowest BCUT2D eigenvalue weighted by Crippen LogP contribution is -2.32. The van der Waals surface area contributed by atoms with E-state index in [-0.39, 0.29) is 11.3 Å². The first-order valence-corrected chi connectivity index (χ1v) is 6.92. The van der Waals surface area contributed by atoms with Crippen LogP contribution in [0, 0.1) is 0 Å². The lowest BCUT2D eigenvalue weighted by atomic mass is 9.91. The molecule has 0 aliphatic carbocycles. The van der Waals surface area contributed by atoms with Crippen molar-refractivity contribution in [3.63, 3.8) is 0 Å². The van der Waals surface area contributed by atoms with Crippen LogP contribution in [0.15, 0.2) is 30.3 Å². The van der Waals surface area contributed by atoms with Crippen LogP contribution in [0.5, 0.6) is 0 Å². The maximum Gasteiger partial charge on any atom is 0.269 e. The molecule has 1 heterocycles. The largest absolute Gasteiger partial charge is 0.376 e. The summed E-state index contributed by atoms with van der Waals surface area (Å²) in [5, 5.41) is 3.30. The van der Waals surface area contributed by atoms with Gasteiger partial charge in [-0.3, -0.25) is 4.55 Å². The molecule has 0 saturated carbocycles. The molecule has 17 heavy (non-hydrogen) atoms. The minimum atomic E-state index is -4.01. The smallest absolute Gasteiger partial charge is 0.269 e. The molecule has 5 heteroatoms. The molecule has 92 valence electrons. The molecule has 1 aliphatic rings. The van der Waals surface area contributed by atoms with Gasteiger partial charge in [-0.1, -0.05) is 24.3 Å². The molecule has 0 aromatic heterocycles. The average Bonchev–Trinajstić information content (AvgIpc) is 2.13. The molecule has 1 aliphatic heterocycles. The number of nitrogens with one attached hydrogen (secondary N) is 1. The van der Waals surface area contributed by atoms with Crippen molar-refractivity contribution < 1.29 is 13.0 Å². The monoisotopic (exact) mass is 253 g/mol. The summed E-state index contributed by atoms with van der Waals surface area (Å²) in [5.74, 6) is -0.352. The second-order valence-electron chi connectivity index (χ2n) is 4.79. The molecule has 1 aromatic carbocycles. The fraction of sp³-hybridized carbons (Fsp3) is 0.333. The summed E-state index contributed by atoms with van der Waals surface area (Å²) in [5.41, 5.74) is 2.02. The Balaban J connectivity index is 2.51. The van der Waals surface area contributed by atoms with E-state index >= 15 is 0 Å². The number of rotatable bonds is 2. The molecule has 0 bridgehead atoms. The van der Waals surface area contributed by atoms with E-state index in [1.165, 1.54) is 0 Å². The van der Waals surface area contributed by atoms with Crippen molar-refractivity contribution in [2.75, 3.05) is 11.1 Å². The third kappa shape index (κ3) is 2.87. The van der Waals surface area contributed by atoms with Crippen molar-refractivity contribution in [1.29, 1.82) is 0 Å². The molecule has 0 fully saturated rings. The van der Waals surface area contributed by atoms with Crippen LogP contribution in [0.3, 0.4) is 0 Å². The first-order chi connectivity index (χ1) is 7.77. The van der Waals surface area contributed by atoms with E-state index in [0.717, 1.165) is 11.3 Å². The van der Waals surface area contributed by atoms with Crippen LogP contribution >= 0.6 is 0 Å². The van der Waals surface area contributed by atoms with E-state index in [1.807, 2.05) is 44.2 Å². The summed E-state index contributed by atoms with van der Waals surface area (Å²) < 4.78 is 31.0. The first kappa shape index (κ1) is 12.1. The summed E-state index contributed by atoms with van der Waals surface area (Å²) in [6.07, 6.45) is 1.84. The van der Waals surface area contributed by atoms with Crippen LogP contribution in [-0.2, 0) is 10.1 Å². The summed E-state index contributed by atoms with van der Waals surface area (Å²) in [7, 11) is -4.01. The van der Waals surface area contributed by atoms with Gasteiger partial charge in [-0.15, -0.1) is 0 Å². The molecule has 2 rings (SSSR count). The minimum Gasteiger partial charge on any atom is -0.376 e. The van der Waals surface area contributed by atoms with Crippen molar-refractivity contribution in [1.82, 2.24) is 0 Å². The van der Waals surface area contributed by atoms with Crippen LogP contribution in [-0.4, -0.2) is 24.3 Å². The quantitative estimate of drug-likeness (QED) is 0.793. The zero-order valence-electron chi connectivity index (χ0n) is 9.77. The van der Waals surface area contributed by atoms with Crippen LogP contribution in [0.25, 0.3) is 5.57 Å². The Morgan fingerprint density at radius 1 is 1.29 bits per heavy atom. The topological polar surface area (TPSA) is 66.4 Å². The number of para-hydroxylation sites is 1. The van der Waals surface area contributed by atoms with E-state index < -0.39 is 10.1 Å². The second kappa shape index (κ2) is 3.85. The predicted molar refractivity (Wildman–Crippen MR) is 68.5 cm³/mol. The van der Waals surface area contributed by atoms with Gasteiger partial charge in [-0.25, -0.2) is 0 Å². The van der Waals surface area contributed by atoms with Gasteiger partial charge in [0.15, 0.2) is 0 Å². The summed E-state index contributed by atoms with van der Waals surface area (Å²) in [4.78, 5) is 0. The summed E-state index contributed by atoms with van der Waals surface area (Å²) in [6, 6.07) is 7.47. The molecule has 0 unspecified atom stereocenters. The highest BCUT2D eigenvalue weighted by Gasteiger charge is 2.25. The standard InChI is InChI=1S/C12H15NO3S/c1-12(2)7-9(8-17(14,15)16)10-5-3-4-6-11(10)13-12/h3-7,13H,8H2,1-2H3,(H,14,15,16). The predicted octanol–water partition coefficient (Wildman–Crippen LogP) is 2.16. The Morgan fingerprint density at radius 3 is 2.59 bits per heavy atom. The fourth-order valence-electron chi connectivity index (χ4n) is 2.08. The minimum absolute atomic E-state index is 0.325. The van der Waals surface area contributed by atoms with E-state index in [2.05, 4.69) is 5.32 Å². The van der Waals surface area contributed by atoms with Gasteiger partial charge in [0.25, 0.3) is 10.1 Å². The van der Waals surface area contributed by atoms with Crippen molar-refractivity contribution in [3.8, 4) is 0 Å². The Morgan fingerprint density at radius 2 is 1.94 bits per heavy atom. The molecule has 0 atom stereocenters. The first-order valence-electron chi connectivity index (χ1n) is 5.31. The molecule has 2 N–H and O–H groups in total. The SMILES string of the molecule is CC1(C)C=C(CS(=O)(=O)O)c2ccccc2N1. The summed E-state index contributed by atoms with van der Waals surface area (Å²) >= 11 is 0. The Hall–Kier alpha value is -1.33. The van der Waals surface area contributed by atoms with Crippen molar-refractivity contribution >= 4 is 21.4 Å². The van der Waals surface area contributed by atoms with Gasteiger partial charge in [0, 0.05) is 11.3 Å². The number of fused-ring (bicyclic) bond motifs is 1. The molecular formula is C12H15NO3S. The maximum atomic E-state index is 11.0. The molecule has 0 saturated heterocycles. The highest BCUT2D eigenvalue weighted by atomic mass is 32.2. The molecular weight excluding hydrogens is 238 g/mol. The fourth-order valence-corrected chi connectivity index (χ4v) is 2.72.